The first-order valence-electron chi connectivity index (χ1n) is 7.43. The number of aryl methyl sites for hydroxylation is 2. The lowest BCUT2D eigenvalue weighted by Gasteiger charge is -2.20. The number of anilines is 1. The van der Waals surface area contributed by atoms with E-state index in [0.717, 1.165) is 41.9 Å². The lowest BCUT2D eigenvalue weighted by Crippen LogP contribution is -2.26. The molecule has 0 spiro atoms. The molecule has 0 aliphatic heterocycles. The molecule has 0 aromatic carbocycles. The Hall–Kier alpha value is -1.12. The average Bonchev–Trinajstić information content (AvgIpc) is 3.29. The Labute approximate surface area is 109 Å². The molecule has 2 saturated carbocycles. The van der Waals surface area contributed by atoms with E-state index in [1.165, 1.54) is 25.7 Å². The lowest BCUT2D eigenvalue weighted by molar-refractivity contribution is 0.564. The summed E-state index contributed by atoms with van der Waals surface area (Å²) < 4.78 is 0. The van der Waals surface area contributed by atoms with Crippen LogP contribution in [-0.2, 0) is 12.8 Å². The van der Waals surface area contributed by atoms with E-state index in [0.29, 0.717) is 6.04 Å². The average molecular weight is 245 g/mol. The third-order valence-corrected chi connectivity index (χ3v) is 4.16. The largest absolute Gasteiger partial charge is 0.365 e. The van der Waals surface area contributed by atoms with Gasteiger partial charge in [-0.3, -0.25) is 4.98 Å². The lowest BCUT2D eigenvalue weighted by atomic mass is 10.1. The summed E-state index contributed by atoms with van der Waals surface area (Å²) in [6, 6.07) is 0.664. The van der Waals surface area contributed by atoms with Gasteiger partial charge in [0.15, 0.2) is 0 Å². The highest BCUT2D eigenvalue weighted by Crippen LogP contribution is 2.45. The van der Waals surface area contributed by atoms with Gasteiger partial charge in [-0.1, -0.05) is 13.8 Å². The van der Waals surface area contributed by atoms with Crippen molar-refractivity contribution in [3.8, 4) is 0 Å². The summed E-state index contributed by atoms with van der Waals surface area (Å²) in [6.07, 6.45) is 9.44. The molecule has 1 N–H and O–H groups in total. The van der Waals surface area contributed by atoms with E-state index in [1.807, 2.05) is 6.20 Å². The molecule has 2 aliphatic carbocycles. The number of hydrogen-bond acceptors (Lipinski definition) is 3. The van der Waals surface area contributed by atoms with Gasteiger partial charge < -0.3 is 5.32 Å². The van der Waals surface area contributed by atoms with Crippen molar-refractivity contribution in [2.75, 3.05) is 5.32 Å². The molecule has 2 fully saturated rings. The minimum Gasteiger partial charge on any atom is -0.365 e. The van der Waals surface area contributed by atoms with Crippen LogP contribution in [0, 0.1) is 11.8 Å². The predicted molar refractivity (Wildman–Crippen MR) is 73.6 cm³/mol. The Bertz CT molecular complexity index is 410. The molecule has 3 heteroatoms. The maximum absolute atomic E-state index is 4.75. The highest BCUT2D eigenvalue weighted by atomic mass is 15.1. The van der Waals surface area contributed by atoms with Gasteiger partial charge in [0.05, 0.1) is 11.4 Å². The zero-order valence-electron chi connectivity index (χ0n) is 11.4. The van der Waals surface area contributed by atoms with Crippen LogP contribution in [0.2, 0.25) is 0 Å². The van der Waals surface area contributed by atoms with Crippen molar-refractivity contribution >= 4 is 5.82 Å². The first-order chi connectivity index (χ1) is 8.81. The number of nitrogens with one attached hydrogen (secondary N) is 1. The van der Waals surface area contributed by atoms with Gasteiger partial charge in [-0.15, -0.1) is 0 Å². The van der Waals surface area contributed by atoms with Crippen molar-refractivity contribution in [1.82, 2.24) is 9.97 Å². The summed E-state index contributed by atoms with van der Waals surface area (Å²) in [5.74, 6) is 2.85. The molecular weight excluding hydrogens is 222 g/mol. The molecule has 98 valence electrons. The summed E-state index contributed by atoms with van der Waals surface area (Å²) in [5.41, 5.74) is 2.22. The van der Waals surface area contributed by atoms with Gasteiger partial charge >= 0.3 is 0 Å². The normalized spacial score (nSPS) is 19.3. The van der Waals surface area contributed by atoms with Gasteiger partial charge in [-0.25, -0.2) is 4.98 Å². The smallest absolute Gasteiger partial charge is 0.148 e. The van der Waals surface area contributed by atoms with E-state index in [2.05, 4.69) is 24.1 Å². The summed E-state index contributed by atoms with van der Waals surface area (Å²) >= 11 is 0. The summed E-state index contributed by atoms with van der Waals surface area (Å²) in [7, 11) is 0. The zero-order chi connectivity index (χ0) is 12.5. The Morgan fingerprint density at radius 2 is 1.83 bits per heavy atom. The summed E-state index contributed by atoms with van der Waals surface area (Å²) in [6.45, 7) is 4.29. The maximum Gasteiger partial charge on any atom is 0.148 e. The van der Waals surface area contributed by atoms with Gasteiger partial charge in [0.25, 0.3) is 0 Å². The monoisotopic (exact) mass is 245 g/mol. The Morgan fingerprint density at radius 1 is 1.17 bits per heavy atom. The highest BCUT2D eigenvalue weighted by Gasteiger charge is 2.41. The van der Waals surface area contributed by atoms with Crippen LogP contribution in [0.4, 0.5) is 5.82 Å². The van der Waals surface area contributed by atoms with E-state index in [-0.39, 0.29) is 0 Å². The third-order valence-electron chi connectivity index (χ3n) is 4.16. The Morgan fingerprint density at radius 3 is 2.33 bits per heavy atom. The quantitative estimate of drug-likeness (QED) is 0.836. The van der Waals surface area contributed by atoms with Crippen LogP contribution in [-0.4, -0.2) is 16.0 Å². The van der Waals surface area contributed by atoms with Crippen molar-refractivity contribution in [3.63, 3.8) is 0 Å². The zero-order valence-corrected chi connectivity index (χ0v) is 11.4. The summed E-state index contributed by atoms with van der Waals surface area (Å²) in [4.78, 5) is 9.30. The molecule has 0 unspecified atom stereocenters. The highest BCUT2D eigenvalue weighted by molar-refractivity contribution is 5.42. The van der Waals surface area contributed by atoms with Crippen LogP contribution < -0.4 is 5.32 Å². The van der Waals surface area contributed by atoms with Crippen LogP contribution in [0.1, 0.15) is 50.9 Å². The van der Waals surface area contributed by atoms with Gasteiger partial charge in [-0.05, 0) is 50.4 Å². The molecule has 0 amide bonds. The number of hydrogen-bond donors (Lipinski definition) is 1. The van der Waals surface area contributed by atoms with Crippen molar-refractivity contribution < 1.29 is 0 Å². The second-order valence-corrected chi connectivity index (χ2v) is 5.71. The second kappa shape index (κ2) is 4.87. The maximum atomic E-state index is 4.75. The molecule has 1 aromatic heterocycles. The number of rotatable bonds is 6. The van der Waals surface area contributed by atoms with Gasteiger partial charge in [0.2, 0.25) is 0 Å². The molecule has 0 bridgehead atoms. The van der Waals surface area contributed by atoms with E-state index < -0.39 is 0 Å². The molecule has 0 radical (unpaired) electrons. The molecule has 0 atom stereocenters. The molecule has 3 rings (SSSR count). The topological polar surface area (TPSA) is 37.8 Å². The number of nitrogens with zero attached hydrogens (tertiary/aromatic N) is 2. The molecule has 18 heavy (non-hydrogen) atoms. The van der Waals surface area contributed by atoms with Crippen LogP contribution >= 0.6 is 0 Å². The first kappa shape index (κ1) is 11.9. The minimum atomic E-state index is 0.664. The molecule has 3 nitrogen and oxygen atoms in total. The molecule has 0 saturated heterocycles. The Kier molecular flexibility index (Phi) is 3.23. The van der Waals surface area contributed by atoms with E-state index >= 15 is 0 Å². The number of aromatic nitrogens is 2. The van der Waals surface area contributed by atoms with Crippen molar-refractivity contribution in [3.05, 3.63) is 17.6 Å². The van der Waals surface area contributed by atoms with E-state index in [9.17, 15) is 0 Å². The van der Waals surface area contributed by atoms with E-state index in [1.54, 1.807) is 0 Å². The third kappa shape index (κ3) is 2.50. The predicted octanol–water partition coefficient (Wildman–Crippen LogP) is 3.20. The SMILES string of the molecule is CCc1cnc(CC)c(NC(C2CC2)C2CC2)n1. The van der Waals surface area contributed by atoms with E-state index in [4.69, 9.17) is 4.98 Å². The Balaban J connectivity index is 1.80. The van der Waals surface area contributed by atoms with Crippen LogP contribution in [0.5, 0.6) is 0 Å². The fraction of sp³-hybridized carbons (Fsp3) is 0.733. The van der Waals surface area contributed by atoms with Gasteiger partial charge in [0, 0.05) is 12.2 Å². The molecule has 1 heterocycles. The molecular formula is C15H23N3. The van der Waals surface area contributed by atoms with Gasteiger partial charge in [0.1, 0.15) is 5.82 Å². The first-order valence-corrected chi connectivity index (χ1v) is 7.43. The van der Waals surface area contributed by atoms with Crippen molar-refractivity contribution in [1.29, 1.82) is 0 Å². The van der Waals surface area contributed by atoms with Crippen molar-refractivity contribution in [2.45, 2.75) is 58.4 Å². The summed E-state index contributed by atoms with van der Waals surface area (Å²) in [5, 5.41) is 3.72. The van der Waals surface area contributed by atoms with Crippen molar-refractivity contribution in [2.24, 2.45) is 11.8 Å². The van der Waals surface area contributed by atoms with Gasteiger partial charge in [-0.2, -0.15) is 0 Å². The molecule has 1 aromatic rings. The standard InChI is InChI=1S/C15H23N3/c1-3-12-9-16-13(4-2)15(17-12)18-14(10-5-6-10)11-7-8-11/h9-11,14H,3-8H2,1-2H3,(H,17,18). The van der Waals surface area contributed by atoms with Crippen LogP contribution in [0.25, 0.3) is 0 Å². The molecule has 2 aliphatic rings. The van der Waals surface area contributed by atoms with Crippen LogP contribution in [0.15, 0.2) is 6.20 Å². The fourth-order valence-electron chi connectivity index (χ4n) is 2.68. The minimum absolute atomic E-state index is 0.664. The second-order valence-electron chi connectivity index (χ2n) is 5.71. The van der Waals surface area contributed by atoms with Crippen LogP contribution in [0.3, 0.4) is 0 Å². The fourth-order valence-corrected chi connectivity index (χ4v) is 2.68.